The summed E-state index contributed by atoms with van der Waals surface area (Å²) in [5.74, 6) is 0. The standard InChI is InChI=1S/C11H13NO/c1-8-7-10-5-3-4-6-12(10)11(8)9(2)13/h3-7,9,13H,1-2H3. The monoisotopic (exact) mass is 175 g/mol. The minimum atomic E-state index is -0.412. The normalized spacial score (nSPS) is 13.5. The second kappa shape index (κ2) is 2.89. The van der Waals surface area contributed by atoms with E-state index < -0.39 is 6.10 Å². The fourth-order valence-corrected chi connectivity index (χ4v) is 1.81. The van der Waals surface area contributed by atoms with Crippen molar-refractivity contribution >= 4 is 5.52 Å². The van der Waals surface area contributed by atoms with Crippen LogP contribution in [-0.2, 0) is 0 Å². The van der Waals surface area contributed by atoms with Crippen LogP contribution in [0.15, 0.2) is 30.5 Å². The number of aryl methyl sites for hydroxylation is 1. The van der Waals surface area contributed by atoms with E-state index in [0.717, 1.165) is 16.8 Å². The van der Waals surface area contributed by atoms with Gasteiger partial charge in [0, 0.05) is 11.7 Å². The minimum Gasteiger partial charge on any atom is -0.387 e. The highest BCUT2D eigenvalue weighted by atomic mass is 16.3. The fraction of sp³-hybridized carbons (Fsp3) is 0.273. The van der Waals surface area contributed by atoms with Gasteiger partial charge in [-0.1, -0.05) is 6.07 Å². The number of aromatic nitrogens is 1. The van der Waals surface area contributed by atoms with Crippen LogP contribution in [0.5, 0.6) is 0 Å². The lowest BCUT2D eigenvalue weighted by Gasteiger charge is -2.06. The third-order valence-electron chi connectivity index (χ3n) is 2.32. The number of hydrogen-bond acceptors (Lipinski definition) is 1. The first-order chi connectivity index (χ1) is 6.20. The van der Waals surface area contributed by atoms with E-state index >= 15 is 0 Å². The molecule has 13 heavy (non-hydrogen) atoms. The number of hydrogen-bond donors (Lipinski definition) is 1. The lowest BCUT2D eigenvalue weighted by molar-refractivity contribution is 0.192. The van der Waals surface area contributed by atoms with E-state index in [1.807, 2.05) is 35.7 Å². The molecule has 0 saturated heterocycles. The Morgan fingerprint density at radius 2 is 2.15 bits per heavy atom. The molecule has 0 aliphatic rings. The quantitative estimate of drug-likeness (QED) is 0.706. The van der Waals surface area contributed by atoms with E-state index in [2.05, 4.69) is 6.07 Å². The zero-order valence-corrected chi connectivity index (χ0v) is 7.86. The zero-order valence-electron chi connectivity index (χ0n) is 7.86. The molecule has 2 aromatic rings. The van der Waals surface area contributed by atoms with Gasteiger partial charge in [0.25, 0.3) is 0 Å². The molecule has 2 nitrogen and oxygen atoms in total. The molecule has 0 aromatic carbocycles. The van der Waals surface area contributed by atoms with E-state index in [-0.39, 0.29) is 0 Å². The number of pyridine rings is 1. The van der Waals surface area contributed by atoms with E-state index in [4.69, 9.17) is 0 Å². The first-order valence-electron chi connectivity index (χ1n) is 4.45. The second-order valence-electron chi connectivity index (χ2n) is 3.38. The van der Waals surface area contributed by atoms with Crippen LogP contribution in [0, 0.1) is 6.92 Å². The summed E-state index contributed by atoms with van der Waals surface area (Å²) < 4.78 is 2.03. The van der Waals surface area contributed by atoms with Crippen LogP contribution in [0.1, 0.15) is 24.3 Å². The van der Waals surface area contributed by atoms with Crippen molar-refractivity contribution in [2.75, 3.05) is 0 Å². The Balaban J connectivity index is 2.78. The van der Waals surface area contributed by atoms with Crippen LogP contribution in [-0.4, -0.2) is 9.51 Å². The number of aliphatic hydroxyl groups excluding tert-OH is 1. The Hall–Kier alpha value is -1.28. The van der Waals surface area contributed by atoms with E-state index in [0.29, 0.717) is 0 Å². The molecule has 0 bridgehead atoms. The Labute approximate surface area is 77.4 Å². The molecule has 0 fully saturated rings. The average Bonchev–Trinajstić information content (AvgIpc) is 2.39. The van der Waals surface area contributed by atoms with Gasteiger partial charge < -0.3 is 9.51 Å². The van der Waals surface area contributed by atoms with Crippen LogP contribution in [0.3, 0.4) is 0 Å². The third kappa shape index (κ3) is 1.23. The summed E-state index contributed by atoms with van der Waals surface area (Å²) in [6, 6.07) is 8.10. The van der Waals surface area contributed by atoms with Crippen molar-refractivity contribution in [1.82, 2.24) is 4.40 Å². The van der Waals surface area contributed by atoms with E-state index in [9.17, 15) is 5.11 Å². The highest BCUT2D eigenvalue weighted by molar-refractivity contribution is 5.53. The Morgan fingerprint density at radius 1 is 1.38 bits per heavy atom. The van der Waals surface area contributed by atoms with Crippen molar-refractivity contribution in [3.63, 3.8) is 0 Å². The number of fused-ring (bicyclic) bond motifs is 1. The van der Waals surface area contributed by atoms with Crippen molar-refractivity contribution in [3.8, 4) is 0 Å². The molecule has 0 radical (unpaired) electrons. The minimum absolute atomic E-state index is 0.412. The first-order valence-corrected chi connectivity index (χ1v) is 4.45. The number of nitrogens with zero attached hydrogens (tertiary/aromatic N) is 1. The van der Waals surface area contributed by atoms with Crippen molar-refractivity contribution in [3.05, 3.63) is 41.7 Å². The molecule has 68 valence electrons. The molecule has 2 heterocycles. The lowest BCUT2D eigenvalue weighted by Crippen LogP contribution is -1.98. The van der Waals surface area contributed by atoms with Crippen LogP contribution in [0.4, 0.5) is 0 Å². The molecule has 1 unspecified atom stereocenters. The van der Waals surface area contributed by atoms with Gasteiger partial charge in [0.05, 0.1) is 11.8 Å². The highest BCUT2D eigenvalue weighted by Gasteiger charge is 2.10. The van der Waals surface area contributed by atoms with E-state index in [1.54, 1.807) is 6.92 Å². The SMILES string of the molecule is Cc1cc2ccccn2c1C(C)O. The highest BCUT2D eigenvalue weighted by Crippen LogP contribution is 2.21. The fourth-order valence-electron chi connectivity index (χ4n) is 1.81. The van der Waals surface area contributed by atoms with Gasteiger partial charge in [-0.05, 0) is 37.6 Å². The molecular weight excluding hydrogens is 162 g/mol. The maximum Gasteiger partial charge on any atom is 0.0918 e. The number of aliphatic hydroxyl groups is 1. The van der Waals surface area contributed by atoms with Crippen molar-refractivity contribution in [1.29, 1.82) is 0 Å². The maximum absolute atomic E-state index is 9.57. The first kappa shape index (κ1) is 8.32. The molecule has 1 atom stereocenters. The molecule has 0 aliphatic heterocycles. The van der Waals surface area contributed by atoms with Crippen molar-refractivity contribution in [2.24, 2.45) is 0 Å². The van der Waals surface area contributed by atoms with Gasteiger partial charge in [0.2, 0.25) is 0 Å². The van der Waals surface area contributed by atoms with Crippen molar-refractivity contribution in [2.45, 2.75) is 20.0 Å². The van der Waals surface area contributed by atoms with Crippen molar-refractivity contribution < 1.29 is 5.11 Å². The molecule has 2 aromatic heterocycles. The van der Waals surface area contributed by atoms with Gasteiger partial charge in [-0.25, -0.2) is 0 Å². The molecule has 0 amide bonds. The van der Waals surface area contributed by atoms with Crippen LogP contribution < -0.4 is 0 Å². The summed E-state index contributed by atoms with van der Waals surface area (Å²) in [5.41, 5.74) is 3.26. The van der Waals surface area contributed by atoms with Crippen LogP contribution >= 0.6 is 0 Å². The second-order valence-corrected chi connectivity index (χ2v) is 3.38. The Kier molecular flexibility index (Phi) is 1.85. The average molecular weight is 175 g/mol. The van der Waals surface area contributed by atoms with E-state index in [1.165, 1.54) is 0 Å². The predicted octanol–water partition coefficient (Wildman–Crippen LogP) is 2.30. The Bertz CT molecular complexity index is 429. The largest absolute Gasteiger partial charge is 0.387 e. The van der Waals surface area contributed by atoms with Gasteiger partial charge in [-0.3, -0.25) is 0 Å². The number of rotatable bonds is 1. The predicted molar refractivity (Wildman–Crippen MR) is 52.8 cm³/mol. The maximum atomic E-state index is 9.57. The topological polar surface area (TPSA) is 24.6 Å². The summed E-state index contributed by atoms with van der Waals surface area (Å²) in [4.78, 5) is 0. The van der Waals surface area contributed by atoms with Gasteiger partial charge in [-0.2, -0.15) is 0 Å². The molecule has 2 heteroatoms. The van der Waals surface area contributed by atoms with Gasteiger partial charge in [-0.15, -0.1) is 0 Å². The lowest BCUT2D eigenvalue weighted by atomic mass is 10.2. The summed E-state index contributed by atoms with van der Waals surface area (Å²) in [6.07, 6.45) is 1.56. The van der Waals surface area contributed by atoms with Gasteiger partial charge in [0.15, 0.2) is 0 Å². The van der Waals surface area contributed by atoms with Gasteiger partial charge in [0.1, 0.15) is 0 Å². The molecule has 0 spiro atoms. The molecule has 2 rings (SSSR count). The summed E-state index contributed by atoms with van der Waals surface area (Å²) in [7, 11) is 0. The third-order valence-corrected chi connectivity index (χ3v) is 2.32. The Morgan fingerprint density at radius 3 is 2.85 bits per heavy atom. The zero-order chi connectivity index (χ0) is 9.42. The molecule has 0 aliphatic carbocycles. The van der Waals surface area contributed by atoms with Crippen LogP contribution in [0.25, 0.3) is 5.52 Å². The molecular formula is C11H13NO. The molecule has 0 saturated carbocycles. The van der Waals surface area contributed by atoms with Crippen LogP contribution in [0.2, 0.25) is 0 Å². The summed E-state index contributed by atoms with van der Waals surface area (Å²) in [5, 5.41) is 9.57. The summed E-state index contributed by atoms with van der Waals surface area (Å²) >= 11 is 0. The molecule has 1 N–H and O–H groups in total. The smallest absolute Gasteiger partial charge is 0.0918 e. The van der Waals surface area contributed by atoms with Gasteiger partial charge >= 0.3 is 0 Å². The summed E-state index contributed by atoms with van der Waals surface area (Å²) in [6.45, 7) is 3.82.